The minimum Gasteiger partial charge on any atom is -0.479 e. The lowest BCUT2D eigenvalue weighted by molar-refractivity contribution is 0.102. The summed E-state index contributed by atoms with van der Waals surface area (Å²) in [6.07, 6.45) is 2.95. The van der Waals surface area contributed by atoms with E-state index in [0.717, 1.165) is 4.47 Å². The standard InChI is InChI=1S/C12H9BrN2O2/c1-17-12-10(14-6-7-15-12)11(16)8-4-2-3-5-9(8)13/h2-7H,1H3. The molecule has 0 N–H and O–H groups in total. The van der Waals surface area contributed by atoms with Gasteiger partial charge in [0.25, 0.3) is 0 Å². The van der Waals surface area contributed by atoms with Crippen LogP contribution in [0.25, 0.3) is 0 Å². The molecule has 0 unspecified atom stereocenters. The largest absolute Gasteiger partial charge is 0.479 e. The summed E-state index contributed by atoms with van der Waals surface area (Å²) in [6, 6.07) is 7.16. The maximum absolute atomic E-state index is 12.2. The van der Waals surface area contributed by atoms with Gasteiger partial charge in [-0.1, -0.05) is 28.1 Å². The molecule has 2 aromatic rings. The summed E-state index contributed by atoms with van der Waals surface area (Å²) in [6.45, 7) is 0. The smallest absolute Gasteiger partial charge is 0.243 e. The summed E-state index contributed by atoms with van der Waals surface area (Å²) in [5.41, 5.74) is 0.744. The highest BCUT2D eigenvalue weighted by Gasteiger charge is 2.18. The zero-order valence-corrected chi connectivity index (χ0v) is 10.6. The Hall–Kier alpha value is -1.75. The van der Waals surface area contributed by atoms with Crippen molar-refractivity contribution in [2.75, 3.05) is 7.11 Å². The molecule has 86 valence electrons. The number of carbonyl (C=O) groups excluding carboxylic acids is 1. The Kier molecular flexibility index (Phi) is 3.49. The summed E-state index contributed by atoms with van der Waals surface area (Å²) in [5.74, 6) is 0.00989. The number of aromatic nitrogens is 2. The van der Waals surface area contributed by atoms with Crippen molar-refractivity contribution in [2.45, 2.75) is 0 Å². The van der Waals surface area contributed by atoms with Gasteiger partial charge in [0.15, 0.2) is 5.69 Å². The fourth-order valence-electron chi connectivity index (χ4n) is 1.40. The molecule has 0 aliphatic heterocycles. The van der Waals surface area contributed by atoms with E-state index in [4.69, 9.17) is 4.74 Å². The fraction of sp³-hybridized carbons (Fsp3) is 0.0833. The molecule has 0 amide bonds. The molecule has 0 spiro atoms. The van der Waals surface area contributed by atoms with Crippen LogP contribution in [-0.2, 0) is 0 Å². The highest BCUT2D eigenvalue weighted by molar-refractivity contribution is 9.10. The average molecular weight is 293 g/mol. The first-order chi connectivity index (χ1) is 8.24. The SMILES string of the molecule is COc1nccnc1C(=O)c1ccccc1Br. The quantitative estimate of drug-likeness (QED) is 0.816. The molecule has 0 bridgehead atoms. The maximum atomic E-state index is 12.2. The van der Waals surface area contributed by atoms with E-state index in [9.17, 15) is 4.79 Å². The number of ketones is 1. The first kappa shape index (κ1) is 11.7. The monoisotopic (exact) mass is 292 g/mol. The molecule has 0 aliphatic rings. The van der Waals surface area contributed by atoms with Gasteiger partial charge in [0, 0.05) is 22.4 Å². The molecule has 2 rings (SSSR count). The molecule has 0 saturated heterocycles. The Balaban J connectivity index is 2.48. The van der Waals surface area contributed by atoms with E-state index in [0.29, 0.717) is 5.56 Å². The number of hydrogen-bond acceptors (Lipinski definition) is 4. The van der Waals surface area contributed by atoms with Crippen molar-refractivity contribution in [1.82, 2.24) is 9.97 Å². The second kappa shape index (κ2) is 5.05. The molecule has 1 heterocycles. The van der Waals surface area contributed by atoms with Crippen molar-refractivity contribution in [3.05, 3.63) is 52.4 Å². The normalized spacial score (nSPS) is 10.0. The lowest BCUT2D eigenvalue weighted by Gasteiger charge is -2.06. The van der Waals surface area contributed by atoms with Crippen LogP contribution in [0.4, 0.5) is 0 Å². The molecule has 0 fully saturated rings. The third-order valence-electron chi connectivity index (χ3n) is 2.19. The summed E-state index contributed by atoms with van der Waals surface area (Å²) in [7, 11) is 1.46. The van der Waals surface area contributed by atoms with Crippen molar-refractivity contribution in [2.24, 2.45) is 0 Å². The minimum absolute atomic E-state index is 0.210. The Morgan fingerprint density at radius 2 is 1.94 bits per heavy atom. The molecule has 0 aliphatic carbocycles. The second-order valence-electron chi connectivity index (χ2n) is 3.22. The Labute approximate surface area is 107 Å². The summed E-state index contributed by atoms with van der Waals surface area (Å²) in [4.78, 5) is 20.2. The third kappa shape index (κ3) is 2.34. The maximum Gasteiger partial charge on any atom is 0.243 e. The number of methoxy groups -OCH3 is 1. The van der Waals surface area contributed by atoms with Gasteiger partial charge in [-0.25, -0.2) is 9.97 Å². The number of ether oxygens (including phenoxy) is 1. The van der Waals surface area contributed by atoms with E-state index in [2.05, 4.69) is 25.9 Å². The topological polar surface area (TPSA) is 52.1 Å². The molecule has 0 radical (unpaired) electrons. The predicted molar refractivity (Wildman–Crippen MR) is 66.2 cm³/mol. The van der Waals surface area contributed by atoms with Crippen LogP contribution in [0, 0.1) is 0 Å². The lowest BCUT2D eigenvalue weighted by Crippen LogP contribution is -2.08. The van der Waals surface area contributed by atoms with E-state index in [1.54, 1.807) is 18.2 Å². The van der Waals surface area contributed by atoms with Crippen LogP contribution in [0.15, 0.2) is 41.1 Å². The van der Waals surface area contributed by atoms with Gasteiger partial charge in [-0.15, -0.1) is 0 Å². The van der Waals surface area contributed by atoms with Gasteiger partial charge < -0.3 is 4.74 Å². The minimum atomic E-state index is -0.220. The second-order valence-corrected chi connectivity index (χ2v) is 4.08. The Bertz CT molecular complexity index is 558. The third-order valence-corrected chi connectivity index (χ3v) is 2.88. The molecule has 1 aromatic carbocycles. The fourth-order valence-corrected chi connectivity index (χ4v) is 1.87. The van der Waals surface area contributed by atoms with Crippen LogP contribution in [0.1, 0.15) is 16.1 Å². The number of carbonyl (C=O) groups is 1. The first-order valence-corrected chi connectivity index (χ1v) is 5.67. The van der Waals surface area contributed by atoms with E-state index in [-0.39, 0.29) is 17.4 Å². The summed E-state index contributed by atoms with van der Waals surface area (Å²) >= 11 is 3.33. The predicted octanol–water partition coefficient (Wildman–Crippen LogP) is 2.48. The van der Waals surface area contributed by atoms with Gasteiger partial charge in [0.05, 0.1) is 7.11 Å². The number of benzene rings is 1. The van der Waals surface area contributed by atoms with Gasteiger partial charge in [-0.3, -0.25) is 4.79 Å². The molecular weight excluding hydrogens is 284 g/mol. The van der Waals surface area contributed by atoms with Gasteiger partial charge >= 0.3 is 0 Å². The van der Waals surface area contributed by atoms with E-state index < -0.39 is 0 Å². The number of rotatable bonds is 3. The average Bonchev–Trinajstić information content (AvgIpc) is 2.38. The first-order valence-electron chi connectivity index (χ1n) is 4.88. The van der Waals surface area contributed by atoms with Crippen molar-refractivity contribution < 1.29 is 9.53 Å². The molecule has 17 heavy (non-hydrogen) atoms. The van der Waals surface area contributed by atoms with Gasteiger partial charge in [0.1, 0.15) is 0 Å². The van der Waals surface area contributed by atoms with E-state index >= 15 is 0 Å². The molecule has 0 atom stereocenters. The molecule has 0 saturated carbocycles. The van der Waals surface area contributed by atoms with Crippen LogP contribution >= 0.6 is 15.9 Å². The van der Waals surface area contributed by atoms with Crippen molar-refractivity contribution >= 4 is 21.7 Å². The van der Waals surface area contributed by atoms with Gasteiger partial charge in [-0.05, 0) is 12.1 Å². The zero-order valence-electron chi connectivity index (χ0n) is 9.05. The van der Waals surface area contributed by atoms with E-state index in [1.807, 2.05) is 6.07 Å². The number of hydrogen-bond donors (Lipinski definition) is 0. The van der Waals surface area contributed by atoms with Crippen LogP contribution in [-0.4, -0.2) is 22.9 Å². The zero-order chi connectivity index (χ0) is 12.3. The summed E-state index contributed by atoms with van der Waals surface area (Å²) < 4.78 is 5.74. The molecule has 5 heteroatoms. The van der Waals surface area contributed by atoms with Gasteiger partial charge in [-0.2, -0.15) is 0 Å². The number of nitrogens with zero attached hydrogens (tertiary/aromatic N) is 2. The van der Waals surface area contributed by atoms with Crippen LogP contribution in [0.5, 0.6) is 5.88 Å². The molecular formula is C12H9BrN2O2. The highest BCUT2D eigenvalue weighted by Crippen LogP contribution is 2.22. The van der Waals surface area contributed by atoms with Crippen LogP contribution in [0.2, 0.25) is 0 Å². The van der Waals surface area contributed by atoms with Gasteiger partial charge in [0.2, 0.25) is 11.7 Å². The van der Waals surface area contributed by atoms with Crippen molar-refractivity contribution in [3.63, 3.8) is 0 Å². The van der Waals surface area contributed by atoms with Crippen LogP contribution < -0.4 is 4.74 Å². The number of halogens is 1. The lowest BCUT2D eigenvalue weighted by atomic mass is 10.1. The Morgan fingerprint density at radius 1 is 1.24 bits per heavy atom. The van der Waals surface area contributed by atoms with Crippen molar-refractivity contribution in [1.29, 1.82) is 0 Å². The molecule has 4 nitrogen and oxygen atoms in total. The van der Waals surface area contributed by atoms with Crippen LogP contribution in [0.3, 0.4) is 0 Å². The highest BCUT2D eigenvalue weighted by atomic mass is 79.9. The summed E-state index contributed by atoms with van der Waals surface area (Å²) in [5, 5.41) is 0. The molecule has 1 aromatic heterocycles. The van der Waals surface area contributed by atoms with E-state index in [1.165, 1.54) is 19.5 Å². The van der Waals surface area contributed by atoms with Crippen molar-refractivity contribution in [3.8, 4) is 5.88 Å². The Morgan fingerprint density at radius 3 is 2.65 bits per heavy atom.